The first kappa shape index (κ1) is 13.7. The number of rotatable bonds is 5. The van der Waals surface area contributed by atoms with Crippen molar-refractivity contribution >= 4 is 11.4 Å². The first-order valence-corrected chi connectivity index (χ1v) is 5.63. The topological polar surface area (TPSA) is 86.1 Å². The summed E-state index contributed by atoms with van der Waals surface area (Å²) in [5.41, 5.74) is 7.05. The van der Waals surface area contributed by atoms with Crippen LogP contribution in [0.15, 0.2) is 18.2 Å². The number of ether oxygens (including phenoxy) is 1. The minimum Gasteiger partial charge on any atom is -0.491 e. The molecule has 0 saturated carbocycles. The van der Waals surface area contributed by atoms with Crippen molar-refractivity contribution < 1.29 is 4.74 Å². The van der Waals surface area contributed by atoms with Crippen LogP contribution in [0.25, 0.3) is 0 Å². The van der Waals surface area contributed by atoms with E-state index in [1.807, 2.05) is 26.0 Å². The highest BCUT2D eigenvalue weighted by atomic mass is 16.5. The maximum absolute atomic E-state index is 8.75. The van der Waals surface area contributed by atoms with Crippen LogP contribution in [0.1, 0.15) is 13.8 Å². The normalized spacial score (nSPS) is 9.61. The highest BCUT2D eigenvalue weighted by Gasteiger charge is 2.09. The van der Waals surface area contributed by atoms with E-state index in [4.69, 9.17) is 21.0 Å². The van der Waals surface area contributed by atoms with Crippen LogP contribution < -0.4 is 15.4 Å². The van der Waals surface area contributed by atoms with Crippen molar-refractivity contribution in [3.63, 3.8) is 0 Å². The van der Waals surface area contributed by atoms with E-state index in [9.17, 15) is 0 Å². The molecule has 0 spiro atoms. The third-order valence-corrected chi connectivity index (χ3v) is 2.17. The Morgan fingerprint density at radius 1 is 1.22 bits per heavy atom. The Morgan fingerprint density at radius 3 is 2.33 bits per heavy atom. The predicted octanol–water partition coefficient (Wildman–Crippen LogP) is 1.91. The number of hydrogen-bond donors (Lipinski definition) is 1. The summed E-state index contributed by atoms with van der Waals surface area (Å²) in [5.74, 6) is 0.640. The summed E-state index contributed by atoms with van der Waals surface area (Å²) in [5, 5.41) is 17.5. The van der Waals surface area contributed by atoms with Gasteiger partial charge < -0.3 is 15.4 Å². The van der Waals surface area contributed by atoms with Crippen LogP contribution in [0.2, 0.25) is 0 Å². The minimum absolute atomic E-state index is 0.0417. The Morgan fingerprint density at radius 2 is 1.83 bits per heavy atom. The third-order valence-electron chi connectivity index (χ3n) is 2.17. The quantitative estimate of drug-likeness (QED) is 0.631. The molecule has 0 fully saturated rings. The van der Waals surface area contributed by atoms with Gasteiger partial charge in [-0.2, -0.15) is 10.5 Å². The third kappa shape index (κ3) is 3.88. The molecule has 94 valence electrons. The van der Waals surface area contributed by atoms with Gasteiger partial charge in [-0.1, -0.05) is 0 Å². The summed E-state index contributed by atoms with van der Waals surface area (Å²) in [7, 11) is 0. The zero-order valence-electron chi connectivity index (χ0n) is 10.6. The molecular weight excluding hydrogens is 228 g/mol. The van der Waals surface area contributed by atoms with Gasteiger partial charge in [-0.05, 0) is 19.9 Å². The fourth-order valence-electron chi connectivity index (χ4n) is 1.54. The van der Waals surface area contributed by atoms with E-state index in [1.165, 1.54) is 0 Å². The highest BCUT2D eigenvalue weighted by Crippen LogP contribution is 2.26. The summed E-state index contributed by atoms with van der Waals surface area (Å²) in [4.78, 5) is 1.64. The molecule has 0 aliphatic heterocycles. The van der Waals surface area contributed by atoms with Gasteiger partial charge >= 0.3 is 0 Å². The van der Waals surface area contributed by atoms with E-state index < -0.39 is 0 Å². The van der Waals surface area contributed by atoms with Crippen molar-refractivity contribution in [1.82, 2.24) is 0 Å². The lowest BCUT2D eigenvalue weighted by Gasteiger charge is -2.20. The van der Waals surface area contributed by atoms with Crippen molar-refractivity contribution in [2.75, 3.05) is 23.7 Å². The number of nitriles is 2. The number of nitrogens with two attached hydrogens (primary N) is 1. The van der Waals surface area contributed by atoms with Crippen LogP contribution in [0.5, 0.6) is 5.75 Å². The van der Waals surface area contributed by atoms with Crippen LogP contribution in [0, 0.1) is 22.7 Å². The fraction of sp³-hybridized carbons (Fsp3) is 0.385. The van der Waals surface area contributed by atoms with Gasteiger partial charge in [-0.25, -0.2) is 0 Å². The van der Waals surface area contributed by atoms with Crippen molar-refractivity contribution in [3.05, 3.63) is 18.2 Å². The highest BCUT2D eigenvalue weighted by molar-refractivity contribution is 5.61. The van der Waals surface area contributed by atoms with E-state index in [2.05, 4.69) is 0 Å². The lowest BCUT2D eigenvalue weighted by Crippen LogP contribution is -2.24. The SMILES string of the molecule is CC(C)Oc1cc(N)cc(N(CC#N)CC#N)c1. The lowest BCUT2D eigenvalue weighted by atomic mass is 10.2. The van der Waals surface area contributed by atoms with E-state index >= 15 is 0 Å². The van der Waals surface area contributed by atoms with Gasteiger partial charge in [0, 0.05) is 23.5 Å². The van der Waals surface area contributed by atoms with E-state index in [0.29, 0.717) is 17.1 Å². The summed E-state index contributed by atoms with van der Waals surface area (Å²) >= 11 is 0. The van der Waals surface area contributed by atoms with Crippen molar-refractivity contribution in [2.45, 2.75) is 20.0 Å². The van der Waals surface area contributed by atoms with Crippen LogP contribution in [0.3, 0.4) is 0 Å². The molecule has 0 unspecified atom stereocenters. The molecule has 0 heterocycles. The summed E-state index contributed by atoms with van der Waals surface area (Å²) in [6.07, 6.45) is 0.0417. The zero-order valence-corrected chi connectivity index (χ0v) is 10.6. The molecule has 1 aromatic rings. The summed E-state index contributed by atoms with van der Waals surface area (Å²) < 4.78 is 5.57. The average molecular weight is 244 g/mol. The van der Waals surface area contributed by atoms with Gasteiger partial charge in [0.15, 0.2) is 0 Å². The van der Waals surface area contributed by atoms with Crippen LogP contribution in [-0.2, 0) is 0 Å². The predicted molar refractivity (Wildman–Crippen MR) is 70.1 cm³/mol. The molecule has 5 heteroatoms. The Bertz CT molecular complexity index is 469. The molecule has 0 amide bonds. The molecule has 0 aliphatic rings. The molecule has 1 rings (SSSR count). The lowest BCUT2D eigenvalue weighted by molar-refractivity contribution is 0.242. The average Bonchev–Trinajstić information content (AvgIpc) is 2.27. The second-order valence-electron chi connectivity index (χ2n) is 4.10. The summed E-state index contributed by atoms with van der Waals surface area (Å²) in [6, 6.07) is 9.28. The van der Waals surface area contributed by atoms with Gasteiger partial charge in [0.05, 0.1) is 18.2 Å². The van der Waals surface area contributed by atoms with Crippen molar-refractivity contribution in [2.24, 2.45) is 0 Å². The van der Waals surface area contributed by atoms with Gasteiger partial charge in [-0.3, -0.25) is 0 Å². The number of anilines is 2. The van der Waals surface area contributed by atoms with Crippen molar-refractivity contribution in [1.29, 1.82) is 10.5 Å². The van der Waals surface area contributed by atoms with Crippen molar-refractivity contribution in [3.8, 4) is 17.9 Å². The fourth-order valence-corrected chi connectivity index (χ4v) is 1.54. The zero-order chi connectivity index (χ0) is 13.5. The van der Waals surface area contributed by atoms with Crippen LogP contribution in [0.4, 0.5) is 11.4 Å². The smallest absolute Gasteiger partial charge is 0.123 e. The summed E-state index contributed by atoms with van der Waals surface area (Å²) in [6.45, 7) is 4.12. The first-order chi connectivity index (χ1) is 8.56. The van der Waals surface area contributed by atoms with Crippen LogP contribution in [-0.4, -0.2) is 19.2 Å². The molecule has 1 aromatic carbocycles. The second-order valence-corrected chi connectivity index (χ2v) is 4.10. The Kier molecular flexibility index (Phi) is 4.83. The maximum atomic E-state index is 8.75. The largest absolute Gasteiger partial charge is 0.491 e. The van der Waals surface area contributed by atoms with Gasteiger partial charge in [0.2, 0.25) is 0 Å². The van der Waals surface area contributed by atoms with Gasteiger partial charge in [0.1, 0.15) is 18.8 Å². The molecular formula is C13H16N4O. The molecule has 0 saturated heterocycles. The Balaban J connectivity index is 3.03. The van der Waals surface area contributed by atoms with E-state index in [1.54, 1.807) is 23.1 Å². The molecule has 0 aromatic heterocycles. The standard InChI is InChI=1S/C13H16N4O/c1-10(2)18-13-8-11(16)7-12(9-13)17(5-3-14)6-4-15/h7-10H,5-6,16H2,1-2H3. The molecule has 18 heavy (non-hydrogen) atoms. The number of nitrogen functional groups attached to an aromatic ring is 1. The number of hydrogen-bond acceptors (Lipinski definition) is 5. The van der Waals surface area contributed by atoms with Gasteiger partial charge in [-0.15, -0.1) is 0 Å². The number of benzene rings is 1. The van der Waals surface area contributed by atoms with Crippen LogP contribution >= 0.6 is 0 Å². The Hall–Kier alpha value is -2.40. The maximum Gasteiger partial charge on any atom is 0.123 e. The van der Waals surface area contributed by atoms with Gasteiger partial charge in [0.25, 0.3) is 0 Å². The monoisotopic (exact) mass is 244 g/mol. The molecule has 0 bridgehead atoms. The number of nitrogens with zero attached hydrogens (tertiary/aromatic N) is 3. The Labute approximate surface area is 107 Å². The second kappa shape index (κ2) is 6.36. The molecule has 5 nitrogen and oxygen atoms in total. The molecule has 0 aliphatic carbocycles. The molecule has 0 radical (unpaired) electrons. The molecule has 2 N–H and O–H groups in total. The molecule has 0 atom stereocenters. The first-order valence-electron chi connectivity index (χ1n) is 5.63. The van der Waals surface area contributed by atoms with E-state index in [-0.39, 0.29) is 19.2 Å². The minimum atomic E-state index is 0.0417. The van der Waals surface area contributed by atoms with E-state index in [0.717, 1.165) is 0 Å².